The fourth-order valence-electron chi connectivity index (χ4n) is 2.20. The molecule has 0 aromatic carbocycles. The van der Waals surface area contributed by atoms with Crippen molar-refractivity contribution in [3.63, 3.8) is 0 Å². The van der Waals surface area contributed by atoms with E-state index in [1.54, 1.807) is 0 Å². The van der Waals surface area contributed by atoms with Gasteiger partial charge in [0.15, 0.2) is 0 Å². The van der Waals surface area contributed by atoms with E-state index in [4.69, 9.17) is 5.73 Å². The Labute approximate surface area is 124 Å². The average Bonchev–Trinajstić information content (AvgIpc) is 2.35. The van der Waals surface area contributed by atoms with Gasteiger partial charge in [-0.3, -0.25) is 0 Å². The first-order valence-corrected chi connectivity index (χ1v) is 7.17. The summed E-state index contributed by atoms with van der Waals surface area (Å²) in [7, 11) is 0. The molecule has 0 amide bonds. The zero-order chi connectivity index (χ0) is 16.2. The zero-order valence-electron chi connectivity index (χ0n) is 13.0. The number of pyridine rings is 1. The maximum absolute atomic E-state index is 12.9. The van der Waals surface area contributed by atoms with Crippen LogP contribution in [0.15, 0.2) is 12.1 Å². The summed E-state index contributed by atoms with van der Waals surface area (Å²) in [6.07, 6.45) is -4.44. The summed E-state index contributed by atoms with van der Waals surface area (Å²) in [6.45, 7) is 9.60. The third-order valence-corrected chi connectivity index (χ3v) is 2.94. The third-order valence-electron chi connectivity index (χ3n) is 2.94. The fraction of sp³-hybridized carbons (Fsp3) is 0.667. The van der Waals surface area contributed by atoms with Gasteiger partial charge >= 0.3 is 6.18 Å². The molecule has 0 radical (unpaired) electrons. The van der Waals surface area contributed by atoms with Gasteiger partial charge in [-0.15, -0.1) is 0 Å². The largest absolute Gasteiger partial charge is 0.433 e. The highest BCUT2D eigenvalue weighted by Crippen LogP contribution is 2.31. The number of nitrogens with two attached hydrogens (primary N) is 1. The molecule has 0 unspecified atom stereocenters. The molecular formula is C15H24F3N3. The van der Waals surface area contributed by atoms with Crippen molar-refractivity contribution in [3.8, 4) is 0 Å². The van der Waals surface area contributed by atoms with Gasteiger partial charge in [0.1, 0.15) is 11.5 Å². The van der Waals surface area contributed by atoms with Crippen molar-refractivity contribution in [2.75, 3.05) is 18.0 Å². The first-order valence-electron chi connectivity index (χ1n) is 7.17. The van der Waals surface area contributed by atoms with E-state index in [9.17, 15) is 13.2 Å². The number of hydrogen-bond donors (Lipinski definition) is 1. The number of rotatable bonds is 6. The second-order valence-corrected chi connectivity index (χ2v) is 6.07. The fourth-order valence-corrected chi connectivity index (χ4v) is 2.20. The number of nitrogens with zero attached hydrogens (tertiary/aromatic N) is 2. The van der Waals surface area contributed by atoms with E-state index < -0.39 is 11.9 Å². The molecule has 0 aliphatic carbocycles. The van der Waals surface area contributed by atoms with Crippen molar-refractivity contribution in [3.05, 3.63) is 23.4 Å². The summed E-state index contributed by atoms with van der Waals surface area (Å²) in [6, 6.07) is 2.42. The molecule has 0 atom stereocenters. The Morgan fingerprint density at radius 2 is 1.62 bits per heavy atom. The van der Waals surface area contributed by atoms with Crippen LogP contribution in [0.3, 0.4) is 0 Å². The van der Waals surface area contributed by atoms with Crippen molar-refractivity contribution in [1.29, 1.82) is 0 Å². The van der Waals surface area contributed by atoms with Crippen LogP contribution in [0, 0.1) is 11.8 Å². The normalized spacial score (nSPS) is 12.3. The van der Waals surface area contributed by atoms with Crippen molar-refractivity contribution >= 4 is 5.82 Å². The summed E-state index contributed by atoms with van der Waals surface area (Å²) < 4.78 is 38.6. The lowest BCUT2D eigenvalue weighted by molar-refractivity contribution is -0.141. The summed E-state index contributed by atoms with van der Waals surface area (Å²) in [5, 5.41) is 0. The van der Waals surface area contributed by atoms with Crippen LogP contribution >= 0.6 is 0 Å². The van der Waals surface area contributed by atoms with Gasteiger partial charge in [0.25, 0.3) is 0 Å². The molecule has 3 nitrogen and oxygen atoms in total. The Balaban J connectivity index is 3.25. The third kappa shape index (κ3) is 5.19. The number of aromatic nitrogens is 1. The van der Waals surface area contributed by atoms with Gasteiger partial charge in [0.2, 0.25) is 0 Å². The predicted molar refractivity (Wildman–Crippen MR) is 79.0 cm³/mol. The summed E-state index contributed by atoms with van der Waals surface area (Å²) >= 11 is 0. The highest BCUT2D eigenvalue weighted by atomic mass is 19.4. The van der Waals surface area contributed by atoms with Gasteiger partial charge in [0.05, 0.1) is 0 Å². The Hall–Kier alpha value is -1.30. The minimum absolute atomic E-state index is 0.174. The summed E-state index contributed by atoms with van der Waals surface area (Å²) in [4.78, 5) is 5.75. The van der Waals surface area contributed by atoms with E-state index in [1.165, 1.54) is 6.07 Å². The maximum Gasteiger partial charge on any atom is 0.433 e. The molecule has 1 rings (SSSR count). The summed E-state index contributed by atoms with van der Waals surface area (Å²) in [5.74, 6) is 1.01. The van der Waals surface area contributed by atoms with Crippen molar-refractivity contribution in [2.45, 2.75) is 40.4 Å². The van der Waals surface area contributed by atoms with Crippen LogP contribution in [0.1, 0.15) is 39.0 Å². The van der Waals surface area contributed by atoms with Crippen LogP contribution in [0.5, 0.6) is 0 Å². The molecule has 120 valence electrons. The highest BCUT2D eigenvalue weighted by molar-refractivity contribution is 5.48. The molecule has 1 heterocycles. The van der Waals surface area contributed by atoms with Gasteiger partial charge in [-0.05, 0) is 17.9 Å². The number of hydrogen-bond acceptors (Lipinski definition) is 3. The molecule has 1 aromatic rings. The monoisotopic (exact) mass is 303 g/mol. The van der Waals surface area contributed by atoms with E-state index in [0.29, 0.717) is 36.3 Å². The average molecular weight is 303 g/mol. The second-order valence-electron chi connectivity index (χ2n) is 6.07. The number of anilines is 1. The molecular weight excluding hydrogens is 279 g/mol. The van der Waals surface area contributed by atoms with Crippen molar-refractivity contribution in [2.24, 2.45) is 17.6 Å². The molecule has 21 heavy (non-hydrogen) atoms. The van der Waals surface area contributed by atoms with Crippen molar-refractivity contribution < 1.29 is 13.2 Å². The lowest BCUT2D eigenvalue weighted by Crippen LogP contribution is -2.33. The van der Waals surface area contributed by atoms with Gasteiger partial charge in [-0.2, -0.15) is 13.2 Å². The second kappa shape index (κ2) is 7.11. The van der Waals surface area contributed by atoms with Gasteiger partial charge in [-0.25, -0.2) is 4.98 Å². The first-order chi connectivity index (χ1) is 9.65. The first kappa shape index (κ1) is 17.8. The lowest BCUT2D eigenvalue weighted by Gasteiger charge is -2.29. The Bertz CT molecular complexity index is 446. The van der Waals surface area contributed by atoms with Crippen LogP contribution in [-0.2, 0) is 12.7 Å². The van der Waals surface area contributed by atoms with Crippen LogP contribution < -0.4 is 10.6 Å². The molecule has 0 aliphatic rings. The SMILES string of the molecule is CC(C)CN(CC(C)C)c1nc(C(F)(F)F)ccc1CN. The van der Waals surface area contributed by atoms with Gasteiger partial charge < -0.3 is 10.6 Å². The Morgan fingerprint density at radius 1 is 1.10 bits per heavy atom. The smallest absolute Gasteiger partial charge is 0.356 e. The van der Waals surface area contributed by atoms with Gasteiger partial charge in [-0.1, -0.05) is 33.8 Å². The highest BCUT2D eigenvalue weighted by Gasteiger charge is 2.33. The Kier molecular flexibility index (Phi) is 6.01. The van der Waals surface area contributed by atoms with Gasteiger partial charge in [0, 0.05) is 25.2 Å². The molecule has 0 saturated carbocycles. The zero-order valence-corrected chi connectivity index (χ0v) is 13.0. The number of halogens is 3. The number of alkyl halides is 3. The van der Waals surface area contributed by atoms with E-state index in [-0.39, 0.29) is 6.54 Å². The lowest BCUT2D eigenvalue weighted by atomic mass is 10.1. The topological polar surface area (TPSA) is 42.2 Å². The van der Waals surface area contributed by atoms with Crippen LogP contribution in [-0.4, -0.2) is 18.1 Å². The molecule has 0 bridgehead atoms. The predicted octanol–water partition coefficient (Wildman–Crippen LogP) is 3.68. The summed E-state index contributed by atoms with van der Waals surface area (Å²) in [5.41, 5.74) is 5.44. The molecule has 0 fully saturated rings. The molecule has 6 heteroatoms. The van der Waals surface area contributed by atoms with E-state index >= 15 is 0 Å². The molecule has 0 saturated heterocycles. The van der Waals surface area contributed by atoms with E-state index in [0.717, 1.165) is 6.07 Å². The van der Waals surface area contributed by atoms with Crippen LogP contribution in [0.4, 0.5) is 19.0 Å². The van der Waals surface area contributed by atoms with Crippen LogP contribution in [0.25, 0.3) is 0 Å². The Morgan fingerprint density at radius 3 is 2.00 bits per heavy atom. The van der Waals surface area contributed by atoms with Crippen LogP contribution in [0.2, 0.25) is 0 Å². The molecule has 2 N–H and O–H groups in total. The minimum Gasteiger partial charge on any atom is -0.356 e. The standard InChI is InChI=1S/C15H24F3N3/c1-10(2)8-21(9-11(3)4)14-12(7-19)5-6-13(20-14)15(16,17)18/h5-6,10-11H,7-9,19H2,1-4H3. The van der Waals surface area contributed by atoms with E-state index in [1.807, 2.05) is 32.6 Å². The van der Waals surface area contributed by atoms with E-state index in [2.05, 4.69) is 4.98 Å². The van der Waals surface area contributed by atoms with Crippen molar-refractivity contribution in [1.82, 2.24) is 4.98 Å². The molecule has 1 aromatic heterocycles. The maximum atomic E-state index is 12.9. The molecule has 0 aliphatic heterocycles. The minimum atomic E-state index is -4.44. The quantitative estimate of drug-likeness (QED) is 0.871. The molecule has 0 spiro atoms.